The zero-order valence-electron chi connectivity index (χ0n) is 19.6. The number of carbonyl (C=O) groups is 3. The Morgan fingerprint density at radius 3 is 2.29 bits per heavy atom. The third kappa shape index (κ3) is 6.30. The summed E-state index contributed by atoms with van der Waals surface area (Å²) in [6.45, 7) is -0.553. The first-order valence-electron chi connectivity index (χ1n) is 11.3. The fourth-order valence-electron chi connectivity index (χ4n) is 3.74. The van der Waals surface area contributed by atoms with E-state index in [1.54, 1.807) is 42.5 Å². The zero-order chi connectivity index (χ0) is 27.3. The zero-order valence-corrected chi connectivity index (χ0v) is 20.3. The lowest BCUT2D eigenvalue weighted by atomic mass is 10.0. The third-order valence-corrected chi connectivity index (χ3v) is 5.90. The number of ether oxygens (including phenoxy) is 1. The maximum absolute atomic E-state index is 13.1. The van der Waals surface area contributed by atoms with Crippen molar-refractivity contribution in [2.24, 2.45) is 0 Å². The molecule has 0 saturated carbocycles. The molecule has 4 rings (SSSR count). The van der Waals surface area contributed by atoms with Crippen LogP contribution in [0.1, 0.15) is 27.6 Å². The molecule has 10 heteroatoms. The summed E-state index contributed by atoms with van der Waals surface area (Å²) in [5.74, 6) is -2.38. The van der Waals surface area contributed by atoms with Crippen LogP contribution >= 0.6 is 11.6 Å². The second-order valence-electron chi connectivity index (χ2n) is 8.17. The van der Waals surface area contributed by atoms with E-state index in [-0.39, 0.29) is 16.3 Å². The summed E-state index contributed by atoms with van der Waals surface area (Å²) in [5.41, 5.74) is -0.691. The SMILES string of the molecule is O=C(CNC(=O)c1cccc2ccccc12)OC(C(=O)Nc1cc(C(F)(F)F)ccc1Cl)c1ccccc1. The fourth-order valence-corrected chi connectivity index (χ4v) is 3.91. The average Bonchev–Trinajstić information content (AvgIpc) is 2.91. The highest BCUT2D eigenvalue weighted by Gasteiger charge is 2.32. The van der Waals surface area contributed by atoms with Crippen LogP contribution in [0.3, 0.4) is 0 Å². The first-order chi connectivity index (χ1) is 18.1. The van der Waals surface area contributed by atoms with Gasteiger partial charge in [0.2, 0.25) is 6.10 Å². The molecular formula is C28H20ClF3N2O4. The van der Waals surface area contributed by atoms with Gasteiger partial charge < -0.3 is 15.4 Å². The van der Waals surface area contributed by atoms with Gasteiger partial charge in [0.15, 0.2) is 0 Å². The molecule has 0 heterocycles. The standard InChI is InChI=1S/C28H20ClF3N2O4/c29-22-14-13-19(28(30,31)32)15-23(22)34-27(37)25(18-8-2-1-3-9-18)38-24(35)16-33-26(36)21-12-6-10-17-7-4-5-11-20(17)21/h1-15,25H,16H2,(H,33,36)(H,34,37). The molecule has 4 aromatic carbocycles. The monoisotopic (exact) mass is 540 g/mol. The Bertz CT molecular complexity index is 1490. The highest BCUT2D eigenvalue weighted by molar-refractivity contribution is 6.33. The minimum Gasteiger partial charge on any atom is -0.446 e. The van der Waals surface area contributed by atoms with Crippen molar-refractivity contribution >= 4 is 45.8 Å². The van der Waals surface area contributed by atoms with Crippen molar-refractivity contribution in [1.82, 2.24) is 5.32 Å². The van der Waals surface area contributed by atoms with Gasteiger partial charge in [-0.05, 0) is 35.0 Å². The molecule has 194 valence electrons. The number of alkyl halides is 3. The first-order valence-corrected chi connectivity index (χ1v) is 11.7. The van der Waals surface area contributed by atoms with Crippen molar-refractivity contribution < 1.29 is 32.3 Å². The summed E-state index contributed by atoms with van der Waals surface area (Å²) < 4.78 is 44.7. The van der Waals surface area contributed by atoms with E-state index in [0.717, 1.165) is 17.5 Å². The predicted octanol–water partition coefficient (Wildman–Crippen LogP) is 6.17. The molecule has 6 nitrogen and oxygen atoms in total. The molecule has 0 radical (unpaired) electrons. The number of hydrogen-bond acceptors (Lipinski definition) is 4. The third-order valence-electron chi connectivity index (χ3n) is 5.57. The highest BCUT2D eigenvalue weighted by Crippen LogP contribution is 2.34. The maximum atomic E-state index is 13.1. The van der Waals surface area contributed by atoms with E-state index in [1.807, 2.05) is 18.2 Å². The van der Waals surface area contributed by atoms with Crippen LogP contribution in [0.15, 0.2) is 91.0 Å². The number of hydrogen-bond donors (Lipinski definition) is 2. The second kappa shape index (κ2) is 11.4. The molecule has 0 aliphatic heterocycles. The smallest absolute Gasteiger partial charge is 0.416 e. The van der Waals surface area contributed by atoms with Crippen LogP contribution in [-0.4, -0.2) is 24.3 Å². The molecule has 0 saturated heterocycles. The van der Waals surface area contributed by atoms with Crippen molar-refractivity contribution in [2.75, 3.05) is 11.9 Å². The molecule has 0 aliphatic rings. The Labute approximate surface area is 220 Å². The van der Waals surface area contributed by atoms with E-state index in [4.69, 9.17) is 16.3 Å². The van der Waals surface area contributed by atoms with Gasteiger partial charge in [-0.25, -0.2) is 0 Å². The molecule has 4 aromatic rings. The first kappa shape index (κ1) is 26.7. The number of nitrogens with one attached hydrogen (secondary N) is 2. The van der Waals surface area contributed by atoms with Crippen LogP contribution in [0.4, 0.5) is 18.9 Å². The minimum absolute atomic E-state index is 0.133. The largest absolute Gasteiger partial charge is 0.446 e. The highest BCUT2D eigenvalue weighted by atomic mass is 35.5. The fraction of sp³-hybridized carbons (Fsp3) is 0.107. The van der Waals surface area contributed by atoms with Gasteiger partial charge in [0, 0.05) is 11.1 Å². The van der Waals surface area contributed by atoms with Crippen molar-refractivity contribution in [2.45, 2.75) is 12.3 Å². The van der Waals surface area contributed by atoms with Crippen LogP contribution in [0, 0.1) is 0 Å². The molecular weight excluding hydrogens is 521 g/mol. The molecule has 2 N–H and O–H groups in total. The van der Waals surface area contributed by atoms with Crippen molar-refractivity contribution in [3.8, 4) is 0 Å². The number of benzene rings is 4. The molecule has 0 fully saturated rings. The molecule has 0 spiro atoms. The molecule has 1 unspecified atom stereocenters. The van der Waals surface area contributed by atoms with Gasteiger partial charge in [0.1, 0.15) is 6.54 Å². The summed E-state index contributed by atoms with van der Waals surface area (Å²) in [7, 11) is 0. The van der Waals surface area contributed by atoms with Crippen LogP contribution in [0.2, 0.25) is 5.02 Å². The number of anilines is 1. The molecule has 38 heavy (non-hydrogen) atoms. The Morgan fingerprint density at radius 1 is 0.868 bits per heavy atom. The topological polar surface area (TPSA) is 84.5 Å². The van der Waals surface area contributed by atoms with Crippen LogP contribution in [0.25, 0.3) is 10.8 Å². The predicted molar refractivity (Wildman–Crippen MR) is 137 cm³/mol. The van der Waals surface area contributed by atoms with Crippen LogP contribution < -0.4 is 10.6 Å². The Morgan fingerprint density at radius 2 is 1.55 bits per heavy atom. The number of esters is 1. The number of rotatable bonds is 7. The van der Waals surface area contributed by atoms with Crippen molar-refractivity contribution in [3.05, 3.63) is 113 Å². The minimum atomic E-state index is -4.66. The van der Waals surface area contributed by atoms with E-state index in [1.165, 1.54) is 12.1 Å². The van der Waals surface area contributed by atoms with E-state index < -0.39 is 42.2 Å². The molecule has 0 bridgehead atoms. The lowest BCUT2D eigenvalue weighted by molar-refractivity contribution is -0.153. The molecule has 0 aliphatic carbocycles. The van der Waals surface area contributed by atoms with E-state index >= 15 is 0 Å². The summed E-state index contributed by atoms with van der Waals surface area (Å²) in [6, 6.07) is 22.8. The summed E-state index contributed by atoms with van der Waals surface area (Å²) in [6.07, 6.45) is -6.18. The number of fused-ring (bicyclic) bond motifs is 1. The quantitative estimate of drug-likeness (QED) is 0.275. The summed E-state index contributed by atoms with van der Waals surface area (Å²) in [4.78, 5) is 38.4. The Balaban J connectivity index is 1.49. The Kier molecular flexibility index (Phi) is 7.97. The number of carbonyl (C=O) groups excluding carboxylic acids is 3. The van der Waals surface area contributed by atoms with Crippen LogP contribution in [-0.2, 0) is 20.5 Å². The Hall–Kier alpha value is -4.37. The number of amides is 2. The van der Waals surface area contributed by atoms with Gasteiger partial charge in [0.05, 0.1) is 16.3 Å². The summed E-state index contributed by atoms with van der Waals surface area (Å²) in [5, 5.41) is 6.19. The van der Waals surface area contributed by atoms with Gasteiger partial charge in [-0.1, -0.05) is 78.3 Å². The van der Waals surface area contributed by atoms with Gasteiger partial charge in [-0.3, -0.25) is 14.4 Å². The van der Waals surface area contributed by atoms with E-state index in [9.17, 15) is 27.6 Å². The van der Waals surface area contributed by atoms with Crippen molar-refractivity contribution in [3.63, 3.8) is 0 Å². The van der Waals surface area contributed by atoms with Gasteiger partial charge in [-0.2, -0.15) is 13.2 Å². The second-order valence-corrected chi connectivity index (χ2v) is 8.58. The van der Waals surface area contributed by atoms with Crippen LogP contribution in [0.5, 0.6) is 0 Å². The molecule has 1 atom stereocenters. The van der Waals surface area contributed by atoms with Gasteiger partial charge >= 0.3 is 12.1 Å². The lowest BCUT2D eigenvalue weighted by Crippen LogP contribution is -2.33. The lowest BCUT2D eigenvalue weighted by Gasteiger charge is -2.19. The molecule has 0 aromatic heterocycles. The van der Waals surface area contributed by atoms with Crippen molar-refractivity contribution in [1.29, 1.82) is 0 Å². The molecule has 2 amide bonds. The maximum Gasteiger partial charge on any atom is 0.416 e. The van der Waals surface area contributed by atoms with E-state index in [0.29, 0.717) is 17.0 Å². The number of halogens is 4. The summed E-state index contributed by atoms with van der Waals surface area (Å²) >= 11 is 5.99. The van der Waals surface area contributed by atoms with E-state index in [2.05, 4.69) is 10.6 Å². The van der Waals surface area contributed by atoms with Gasteiger partial charge in [0.25, 0.3) is 11.8 Å². The van der Waals surface area contributed by atoms with Gasteiger partial charge in [-0.15, -0.1) is 0 Å². The average molecular weight is 541 g/mol. The normalized spacial score (nSPS) is 12.0.